The van der Waals surface area contributed by atoms with Crippen molar-refractivity contribution in [3.05, 3.63) is 28.2 Å². The van der Waals surface area contributed by atoms with E-state index in [4.69, 9.17) is 4.74 Å². The number of hydrogen-bond acceptors (Lipinski definition) is 2. The van der Waals surface area contributed by atoms with Gasteiger partial charge in [0.15, 0.2) is 0 Å². The van der Waals surface area contributed by atoms with Crippen LogP contribution in [-0.4, -0.2) is 12.9 Å². The van der Waals surface area contributed by atoms with Gasteiger partial charge in [0.25, 0.3) is 0 Å². The Morgan fingerprint density at radius 1 is 1.31 bits per heavy atom. The minimum absolute atomic E-state index is 0.992. The van der Waals surface area contributed by atoms with Crippen LogP contribution in [0.3, 0.4) is 0 Å². The van der Waals surface area contributed by atoms with E-state index in [9.17, 15) is 0 Å². The molecular formula is C13H19BrOS. The van der Waals surface area contributed by atoms with Gasteiger partial charge in [-0.05, 0) is 30.4 Å². The van der Waals surface area contributed by atoms with Gasteiger partial charge in [-0.15, -0.1) is 0 Å². The molecule has 1 nitrogen and oxygen atoms in total. The molecule has 0 radical (unpaired) electrons. The first-order valence-corrected chi connectivity index (χ1v) is 7.63. The summed E-state index contributed by atoms with van der Waals surface area (Å²) in [5, 5.41) is 0. The molecule has 1 rings (SSSR count). The molecule has 0 fully saturated rings. The molecule has 1 aromatic rings. The lowest BCUT2D eigenvalue weighted by molar-refractivity contribution is 0.411. The summed E-state index contributed by atoms with van der Waals surface area (Å²) in [7, 11) is 1.73. The molecule has 0 unspecified atom stereocenters. The van der Waals surface area contributed by atoms with Crippen molar-refractivity contribution in [2.24, 2.45) is 0 Å². The first-order valence-electron chi connectivity index (χ1n) is 5.68. The summed E-state index contributed by atoms with van der Waals surface area (Å²) in [6.45, 7) is 2.24. The van der Waals surface area contributed by atoms with E-state index in [1.54, 1.807) is 7.11 Å². The summed E-state index contributed by atoms with van der Waals surface area (Å²) < 4.78 is 6.47. The van der Waals surface area contributed by atoms with Crippen molar-refractivity contribution >= 4 is 27.7 Å². The van der Waals surface area contributed by atoms with Gasteiger partial charge in [0, 0.05) is 15.8 Å². The van der Waals surface area contributed by atoms with Gasteiger partial charge in [-0.25, -0.2) is 0 Å². The fraction of sp³-hybridized carbons (Fsp3) is 0.538. The standard InChI is InChI=1S/C13H19BrOS/c1-3-4-5-8-16-10-11-9-12(14)6-7-13(11)15-2/h6-7,9H,3-5,8,10H2,1-2H3. The third-order valence-electron chi connectivity index (χ3n) is 2.39. The van der Waals surface area contributed by atoms with Crippen molar-refractivity contribution in [2.45, 2.75) is 31.9 Å². The van der Waals surface area contributed by atoms with Gasteiger partial charge in [-0.3, -0.25) is 0 Å². The van der Waals surface area contributed by atoms with Crippen molar-refractivity contribution in [1.82, 2.24) is 0 Å². The van der Waals surface area contributed by atoms with Crippen LogP contribution in [0, 0.1) is 0 Å². The molecule has 0 atom stereocenters. The number of thioether (sulfide) groups is 1. The second-order valence-corrected chi connectivity index (χ2v) is 5.74. The van der Waals surface area contributed by atoms with Crippen LogP contribution in [0.4, 0.5) is 0 Å². The normalized spacial score (nSPS) is 10.4. The van der Waals surface area contributed by atoms with E-state index in [2.05, 4.69) is 28.9 Å². The van der Waals surface area contributed by atoms with Crippen LogP contribution in [0.2, 0.25) is 0 Å². The van der Waals surface area contributed by atoms with Crippen LogP contribution in [0.15, 0.2) is 22.7 Å². The molecule has 3 heteroatoms. The zero-order chi connectivity index (χ0) is 11.8. The topological polar surface area (TPSA) is 9.23 Å². The largest absolute Gasteiger partial charge is 0.496 e. The summed E-state index contributed by atoms with van der Waals surface area (Å²) in [5.74, 6) is 3.27. The maximum Gasteiger partial charge on any atom is 0.122 e. The minimum Gasteiger partial charge on any atom is -0.496 e. The average molecular weight is 303 g/mol. The zero-order valence-electron chi connectivity index (χ0n) is 9.96. The van der Waals surface area contributed by atoms with E-state index in [0.29, 0.717) is 0 Å². The third kappa shape index (κ3) is 4.79. The predicted molar refractivity (Wildman–Crippen MR) is 76.4 cm³/mol. The SMILES string of the molecule is CCCCCSCc1cc(Br)ccc1OC. The Balaban J connectivity index is 2.42. The highest BCUT2D eigenvalue weighted by molar-refractivity contribution is 9.10. The minimum atomic E-state index is 0.992. The van der Waals surface area contributed by atoms with Gasteiger partial charge in [-0.1, -0.05) is 35.7 Å². The first kappa shape index (κ1) is 13.9. The molecule has 0 heterocycles. The Morgan fingerprint density at radius 2 is 2.12 bits per heavy atom. The highest BCUT2D eigenvalue weighted by Gasteiger charge is 2.03. The summed E-state index contributed by atoms with van der Waals surface area (Å²) in [5.41, 5.74) is 1.28. The van der Waals surface area contributed by atoms with Crippen LogP contribution >= 0.6 is 27.7 Å². The molecule has 0 saturated carbocycles. The summed E-state index contributed by atoms with van der Waals surface area (Å²) in [4.78, 5) is 0. The number of halogens is 1. The molecule has 0 aliphatic rings. The molecule has 16 heavy (non-hydrogen) atoms. The van der Waals surface area contributed by atoms with Crippen molar-refractivity contribution in [1.29, 1.82) is 0 Å². The van der Waals surface area contributed by atoms with Gasteiger partial charge in [-0.2, -0.15) is 11.8 Å². The van der Waals surface area contributed by atoms with Crippen molar-refractivity contribution in [3.8, 4) is 5.75 Å². The molecule has 1 aromatic carbocycles. The van der Waals surface area contributed by atoms with E-state index in [1.807, 2.05) is 23.9 Å². The average Bonchev–Trinajstić information content (AvgIpc) is 2.29. The van der Waals surface area contributed by atoms with E-state index >= 15 is 0 Å². The Labute approximate surface area is 111 Å². The summed E-state index contributed by atoms with van der Waals surface area (Å²) >= 11 is 5.48. The summed E-state index contributed by atoms with van der Waals surface area (Å²) in [6.07, 6.45) is 3.95. The molecule has 0 amide bonds. The zero-order valence-corrected chi connectivity index (χ0v) is 12.4. The number of methoxy groups -OCH3 is 1. The number of rotatable bonds is 7. The third-order valence-corrected chi connectivity index (χ3v) is 3.98. The fourth-order valence-electron chi connectivity index (χ4n) is 1.50. The van der Waals surface area contributed by atoms with Gasteiger partial charge in [0.2, 0.25) is 0 Å². The molecule has 90 valence electrons. The predicted octanol–water partition coefficient (Wildman–Crippen LogP) is 4.88. The van der Waals surface area contributed by atoms with Crippen LogP contribution in [0.25, 0.3) is 0 Å². The van der Waals surface area contributed by atoms with Crippen LogP contribution in [-0.2, 0) is 5.75 Å². The molecule has 0 N–H and O–H groups in total. The van der Waals surface area contributed by atoms with Crippen LogP contribution < -0.4 is 4.74 Å². The van der Waals surface area contributed by atoms with E-state index in [1.165, 1.54) is 30.6 Å². The van der Waals surface area contributed by atoms with Gasteiger partial charge >= 0.3 is 0 Å². The van der Waals surface area contributed by atoms with Crippen molar-refractivity contribution in [3.63, 3.8) is 0 Å². The Kier molecular flexibility index (Phi) is 6.97. The molecule has 0 bridgehead atoms. The number of ether oxygens (including phenoxy) is 1. The number of hydrogen-bond donors (Lipinski definition) is 0. The lowest BCUT2D eigenvalue weighted by Gasteiger charge is -2.08. The molecule has 0 saturated heterocycles. The number of benzene rings is 1. The molecule has 0 aromatic heterocycles. The van der Waals surface area contributed by atoms with Gasteiger partial charge < -0.3 is 4.74 Å². The Hall–Kier alpha value is -0.150. The van der Waals surface area contributed by atoms with Crippen LogP contribution in [0.5, 0.6) is 5.75 Å². The van der Waals surface area contributed by atoms with Gasteiger partial charge in [0.1, 0.15) is 5.75 Å². The summed E-state index contributed by atoms with van der Waals surface area (Å²) in [6, 6.07) is 6.18. The van der Waals surface area contributed by atoms with E-state index in [-0.39, 0.29) is 0 Å². The second-order valence-electron chi connectivity index (χ2n) is 3.72. The smallest absolute Gasteiger partial charge is 0.122 e. The fourth-order valence-corrected chi connectivity index (χ4v) is 2.90. The second kappa shape index (κ2) is 8.02. The molecule has 0 aliphatic carbocycles. The highest BCUT2D eigenvalue weighted by Crippen LogP contribution is 2.27. The lowest BCUT2D eigenvalue weighted by Crippen LogP contribution is -1.91. The molecular weight excluding hydrogens is 284 g/mol. The Morgan fingerprint density at radius 3 is 2.81 bits per heavy atom. The van der Waals surface area contributed by atoms with Gasteiger partial charge in [0.05, 0.1) is 7.11 Å². The quantitative estimate of drug-likeness (QED) is 0.664. The Bertz CT molecular complexity index is 315. The highest BCUT2D eigenvalue weighted by atomic mass is 79.9. The lowest BCUT2D eigenvalue weighted by atomic mass is 10.2. The maximum atomic E-state index is 5.34. The van der Waals surface area contributed by atoms with E-state index in [0.717, 1.165) is 16.0 Å². The van der Waals surface area contributed by atoms with E-state index < -0.39 is 0 Å². The number of unbranched alkanes of at least 4 members (excludes halogenated alkanes) is 2. The molecule has 0 aliphatic heterocycles. The van der Waals surface area contributed by atoms with Crippen LogP contribution in [0.1, 0.15) is 31.7 Å². The van der Waals surface area contributed by atoms with Crippen molar-refractivity contribution < 1.29 is 4.74 Å². The van der Waals surface area contributed by atoms with Crippen molar-refractivity contribution in [2.75, 3.05) is 12.9 Å². The first-order chi connectivity index (χ1) is 7.77. The monoisotopic (exact) mass is 302 g/mol. The molecule has 0 spiro atoms. The maximum absolute atomic E-state index is 5.34.